The topological polar surface area (TPSA) is 91.2 Å². The molecule has 1 aliphatic heterocycles. The van der Waals surface area contributed by atoms with Gasteiger partial charge in [0.15, 0.2) is 16.7 Å². The lowest BCUT2D eigenvalue weighted by atomic mass is 10.2. The number of aliphatic imine (C=N–C) groups is 1. The summed E-state index contributed by atoms with van der Waals surface area (Å²) in [5.41, 5.74) is 1.30. The van der Waals surface area contributed by atoms with Crippen LogP contribution in [0, 0.1) is 0 Å². The minimum Gasteiger partial charge on any atom is -0.504 e. The third-order valence-electron chi connectivity index (χ3n) is 3.25. The number of carbonyl (C=O) groups is 1. The molecule has 2 aromatic carbocycles. The Morgan fingerprint density at radius 2 is 1.88 bits per heavy atom. The summed E-state index contributed by atoms with van der Waals surface area (Å²) >= 11 is 1.20. The van der Waals surface area contributed by atoms with Gasteiger partial charge in [-0.2, -0.15) is 0 Å². The molecule has 0 spiro atoms. The van der Waals surface area contributed by atoms with E-state index >= 15 is 0 Å². The Morgan fingerprint density at radius 3 is 2.54 bits per heavy atom. The van der Waals surface area contributed by atoms with Gasteiger partial charge in [0.2, 0.25) is 0 Å². The quantitative estimate of drug-likeness (QED) is 0.589. The van der Waals surface area contributed by atoms with E-state index < -0.39 is 0 Å². The first-order chi connectivity index (χ1) is 11.5. The van der Waals surface area contributed by atoms with E-state index in [-0.39, 0.29) is 17.4 Å². The summed E-state index contributed by atoms with van der Waals surface area (Å²) in [6, 6.07) is 11.5. The highest BCUT2D eigenvalue weighted by molar-refractivity contribution is 8.18. The van der Waals surface area contributed by atoms with Crippen molar-refractivity contribution in [3.63, 3.8) is 0 Å². The monoisotopic (exact) mass is 342 g/mol. The van der Waals surface area contributed by atoms with Gasteiger partial charge in [-0.25, -0.2) is 4.99 Å². The first kappa shape index (κ1) is 15.9. The van der Waals surface area contributed by atoms with Crippen molar-refractivity contribution in [2.45, 2.75) is 0 Å². The zero-order valence-electron chi connectivity index (χ0n) is 12.7. The number of nitrogens with zero attached hydrogens (tertiary/aromatic N) is 1. The van der Waals surface area contributed by atoms with Gasteiger partial charge in [0, 0.05) is 0 Å². The van der Waals surface area contributed by atoms with E-state index in [0.717, 1.165) is 5.75 Å². The van der Waals surface area contributed by atoms with Crippen LogP contribution in [-0.2, 0) is 4.79 Å². The van der Waals surface area contributed by atoms with Crippen molar-refractivity contribution in [2.24, 2.45) is 4.99 Å². The molecule has 6 nitrogen and oxygen atoms in total. The minimum atomic E-state index is -0.264. The second-order valence-corrected chi connectivity index (χ2v) is 5.96. The largest absolute Gasteiger partial charge is 0.504 e. The third kappa shape index (κ3) is 3.52. The Morgan fingerprint density at radius 1 is 1.12 bits per heavy atom. The predicted molar refractivity (Wildman–Crippen MR) is 93.6 cm³/mol. The molecular formula is C17H14N2O4S. The van der Waals surface area contributed by atoms with Crippen LogP contribution < -0.4 is 10.1 Å². The van der Waals surface area contributed by atoms with E-state index in [4.69, 9.17) is 4.74 Å². The molecule has 1 saturated heterocycles. The van der Waals surface area contributed by atoms with Gasteiger partial charge in [-0.05, 0) is 59.8 Å². The zero-order valence-corrected chi connectivity index (χ0v) is 13.5. The van der Waals surface area contributed by atoms with E-state index in [1.165, 1.54) is 23.9 Å². The molecule has 0 atom stereocenters. The minimum absolute atomic E-state index is 0.206. The molecule has 0 aromatic heterocycles. The van der Waals surface area contributed by atoms with Crippen molar-refractivity contribution in [3.05, 3.63) is 52.9 Å². The number of nitrogens with one attached hydrogen (secondary N) is 1. The number of phenols is 2. The van der Waals surface area contributed by atoms with Crippen LogP contribution in [0.4, 0.5) is 5.69 Å². The van der Waals surface area contributed by atoms with Crippen LogP contribution >= 0.6 is 11.8 Å². The molecule has 2 aromatic rings. The standard InChI is InChI=1S/C17H14N2O4S/c1-23-12-5-3-11(4-6-12)18-17-19-16(22)15(24-17)9-10-2-7-13(20)14(21)8-10/h2-9,20-21H,1H3,(H,18,19,22). The number of amidine groups is 1. The molecule has 0 unspecified atom stereocenters. The van der Waals surface area contributed by atoms with Crippen LogP contribution in [0.3, 0.4) is 0 Å². The van der Waals surface area contributed by atoms with Crippen molar-refractivity contribution in [1.29, 1.82) is 0 Å². The van der Waals surface area contributed by atoms with E-state index in [9.17, 15) is 15.0 Å². The number of carbonyl (C=O) groups excluding carboxylic acids is 1. The molecule has 0 saturated carbocycles. The second kappa shape index (κ2) is 6.67. The van der Waals surface area contributed by atoms with Gasteiger partial charge in [0.1, 0.15) is 5.75 Å². The number of rotatable bonds is 3. The van der Waals surface area contributed by atoms with Crippen molar-refractivity contribution in [1.82, 2.24) is 5.32 Å². The Balaban J connectivity index is 1.80. The van der Waals surface area contributed by atoms with Gasteiger partial charge in [-0.1, -0.05) is 6.07 Å². The average molecular weight is 342 g/mol. The predicted octanol–water partition coefficient (Wildman–Crippen LogP) is 3.00. The maximum absolute atomic E-state index is 12.0. The average Bonchev–Trinajstić information content (AvgIpc) is 2.91. The Bertz CT molecular complexity index is 844. The maximum Gasteiger partial charge on any atom is 0.264 e. The van der Waals surface area contributed by atoms with Gasteiger partial charge >= 0.3 is 0 Å². The molecule has 122 valence electrons. The smallest absolute Gasteiger partial charge is 0.264 e. The first-order valence-corrected chi connectivity index (χ1v) is 7.82. The van der Waals surface area contributed by atoms with Crippen molar-refractivity contribution in [2.75, 3.05) is 7.11 Å². The zero-order chi connectivity index (χ0) is 17.1. The molecule has 1 aliphatic rings. The lowest BCUT2D eigenvalue weighted by Crippen LogP contribution is -2.19. The van der Waals surface area contributed by atoms with Crippen LogP contribution in [0.1, 0.15) is 5.56 Å². The molecule has 0 aliphatic carbocycles. The van der Waals surface area contributed by atoms with Crippen LogP contribution in [0.25, 0.3) is 6.08 Å². The Kier molecular flexibility index (Phi) is 4.43. The molecular weight excluding hydrogens is 328 g/mol. The molecule has 3 N–H and O–H groups in total. The number of hydrogen-bond acceptors (Lipinski definition) is 6. The van der Waals surface area contributed by atoms with Crippen molar-refractivity contribution in [3.8, 4) is 17.2 Å². The molecule has 0 bridgehead atoms. The maximum atomic E-state index is 12.0. The third-order valence-corrected chi connectivity index (χ3v) is 4.16. The van der Waals surface area contributed by atoms with E-state index in [2.05, 4.69) is 10.3 Å². The van der Waals surface area contributed by atoms with Gasteiger partial charge in [-0.3, -0.25) is 4.79 Å². The summed E-state index contributed by atoms with van der Waals surface area (Å²) in [5.74, 6) is 0.0249. The van der Waals surface area contributed by atoms with Crippen LogP contribution in [0.2, 0.25) is 0 Å². The van der Waals surface area contributed by atoms with Gasteiger partial charge < -0.3 is 20.3 Å². The molecule has 1 heterocycles. The van der Waals surface area contributed by atoms with E-state index in [0.29, 0.717) is 21.3 Å². The summed E-state index contributed by atoms with van der Waals surface area (Å²) in [6.45, 7) is 0. The van der Waals surface area contributed by atoms with E-state index in [1.807, 2.05) is 0 Å². The summed E-state index contributed by atoms with van der Waals surface area (Å²) in [5, 5.41) is 22.0. The van der Waals surface area contributed by atoms with Gasteiger partial charge in [0.05, 0.1) is 17.7 Å². The van der Waals surface area contributed by atoms with Gasteiger partial charge in [0.25, 0.3) is 5.91 Å². The fourth-order valence-electron chi connectivity index (χ4n) is 2.04. The highest BCUT2D eigenvalue weighted by Gasteiger charge is 2.23. The second-order valence-electron chi connectivity index (χ2n) is 4.93. The number of thioether (sulfide) groups is 1. The highest BCUT2D eigenvalue weighted by Crippen LogP contribution is 2.31. The number of ether oxygens (including phenoxy) is 1. The number of methoxy groups -OCH3 is 1. The number of benzene rings is 2. The summed E-state index contributed by atoms with van der Waals surface area (Å²) < 4.78 is 5.09. The van der Waals surface area contributed by atoms with Crippen LogP contribution in [-0.4, -0.2) is 28.4 Å². The molecule has 0 radical (unpaired) electrons. The van der Waals surface area contributed by atoms with Crippen LogP contribution in [0.5, 0.6) is 17.2 Å². The summed E-state index contributed by atoms with van der Waals surface area (Å²) in [7, 11) is 1.59. The van der Waals surface area contributed by atoms with E-state index in [1.54, 1.807) is 43.5 Å². The SMILES string of the molecule is COc1ccc(N=C2NC(=O)C(=Cc3ccc(O)c(O)c3)S2)cc1. The number of hydrogen-bond donors (Lipinski definition) is 3. The molecule has 3 rings (SSSR count). The number of amides is 1. The molecule has 1 fully saturated rings. The summed E-state index contributed by atoms with van der Waals surface area (Å²) in [4.78, 5) is 16.8. The van der Waals surface area contributed by atoms with Crippen molar-refractivity contribution < 1.29 is 19.7 Å². The Hall–Kier alpha value is -2.93. The lowest BCUT2D eigenvalue weighted by Gasteiger charge is -2.00. The number of aromatic hydroxyl groups is 2. The fourth-order valence-corrected chi connectivity index (χ4v) is 2.88. The van der Waals surface area contributed by atoms with Crippen molar-refractivity contribution >= 4 is 34.6 Å². The normalized spacial score (nSPS) is 17.3. The van der Waals surface area contributed by atoms with Gasteiger partial charge in [-0.15, -0.1) is 0 Å². The molecule has 24 heavy (non-hydrogen) atoms. The lowest BCUT2D eigenvalue weighted by molar-refractivity contribution is -0.115. The summed E-state index contributed by atoms with van der Waals surface area (Å²) in [6.07, 6.45) is 1.62. The fraction of sp³-hybridized carbons (Fsp3) is 0.0588. The van der Waals surface area contributed by atoms with Crippen LogP contribution in [0.15, 0.2) is 52.4 Å². The molecule has 7 heteroatoms. The highest BCUT2D eigenvalue weighted by atomic mass is 32.2. The Labute approximate surface area is 142 Å². The number of phenolic OH excluding ortho intramolecular Hbond substituents is 2. The molecule has 1 amide bonds. The first-order valence-electron chi connectivity index (χ1n) is 7.01.